The van der Waals surface area contributed by atoms with Crippen molar-refractivity contribution in [1.82, 2.24) is 9.97 Å². The Morgan fingerprint density at radius 3 is 2.48 bits per heavy atom. The molecule has 0 saturated heterocycles. The Morgan fingerprint density at radius 1 is 0.931 bits per heavy atom. The summed E-state index contributed by atoms with van der Waals surface area (Å²) in [6.07, 6.45) is 1.92. The van der Waals surface area contributed by atoms with Gasteiger partial charge in [-0.05, 0) is 46.5 Å². The third-order valence-electron chi connectivity index (χ3n) is 4.92. The molecule has 5 aromatic rings. The molecular weight excluding hydrogens is 364 g/mol. The average molecular weight is 383 g/mol. The number of hydrogen-bond acceptors (Lipinski definition) is 3. The lowest BCUT2D eigenvalue weighted by Gasteiger charge is -2.09. The average Bonchev–Trinajstić information content (AvgIpc) is 3.25. The van der Waals surface area contributed by atoms with Crippen LogP contribution in [0.1, 0.15) is 13.3 Å². The van der Waals surface area contributed by atoms with E-state index in [-0.39, 0.29) is 12.0 Å². The second-order valence-electron chi connectivity index (χ2n) is 6.73. The summed E-state index contributed by atoms with van der Waals surface area (Å²) in [6, 6.07) is 22.9. The maximum Gasteiger partial charge on any atom is 0.272 e. The quantitative estimate of drug-likeness (QED) is 0.483. The smallest absolute Gasteiger partial charge is 0.272 e. The number of carboxylic acid groups (broad SMARTS) is 1. The number of aromatic amines is 2. The highest BCUT2D eigenvalue weighted by Crippen LogP contribution is 2.31. The van der Waals surface area contributed by atoms with Gasteiger partial charge in [0.05, 0.1) is 0 Å². The van der Waals surface area contributed by atoms with Crippen LogP contribution in [0.2, 0.25) is 0 Å². The van der Waals surface area contributed by atoms with Crippen LogP contribution in [-0.4, -0.2) is 15.9 Å². The third kappa shape index (κ3) is 3.50. The molecule has 5 heteroatoms. The number of rotatable bonds is 2. The van der Waals surface area contributed by atoms with Crippen molar-refractivity contribution in [2.24, 2.45) is 0 Å². The summed E-state index contributed by atoms with van der Waals surface area (Å²) in [7, 11) is 0. The third-order valence-corrected chi connectivity index (χ3v) is 4.92. The molecule has 3 aromatic carbocycles. The number of aromatic nitrogens is 2. The number of carboxylic acids is 1. The summed E-state index contributed by atoms with van der Waals surface area (Å²) in [6.45, 7) is 1.54. The topological polar surface area (TPSA) is 88.8 Å². The van der Waals surface area contributed by atoms with Crippen LogP contribution in [0.25, 0.3) is 43.7 Å². The van der Waals surface area contributed by atoms with E-state index in [1.807, 2.05) is 18.3 Å². The fraction of sp³-hybridized carbons (Fsp3) is 0.0833. The van der Waals surface area contributed by atoms with Gasteiger partial charge in [-0.25, -0.2) is 0 Å². The Labute approximate surface area is 166 Å². The molecule has 0 unspecified atom stereocenters. The normalized spacial score (nSPS) is 10.8. The minimum Gasteiger partial charge on any atom is -0.550 e. The van der Waals surface area contributed by atoms with Gasteiger partial charge in [-0.15, -0.1) is 0 Å². The van der Waals surface area contributed by atoms with Gasteiger partial charge in [0.25, 0.3) is 5.56 Å². The Hall–Kier alpha value is -3.86. The lowest BCUT2D eigenvalue weighted by Crippen LogP contribution is -2.19. The van der Waals surface area contributed by atoms with Crippen molar-refractivity contribution in [3.8, 4) is 11.1 Å². The summed E-state index contributed by atoms with van der Waals surface area (Å²) in [4.78, 5) is 27.3. The van der Waals surface area contributed by atoms with Crippen LogP contribution in [0.3, 0.4) is 0 Å². The van der Waals surface area contributed by atoms with E-state index in [2.05, 4.69) is 64.6 Å². The zero-order valence-electron chi connectivity index (χ0n) is 15.9. The summed E-state index contributed by atoms with van der Waals surface area (Å²) >= 11 is 0. The van der Waals surface area contributed by atoms with E-state index in [0.29, 0.717) is 5.52 Å². The van der Waals surface area contributed by atoms with Gasteiger partial charge in [0.2, 0.25) is 0 Å². The molecule has 2 aromatic heterocycles. The van der Waals surface area contributed by atoms with Crippen molar-refractivity contribution in [1.29, 1.82) is 0 Å². The number of carbonyl (C=O) groups is 1. The van der Waals surface area contributed by atoms with E-state index in [1.165, 1.54) is 23.3 Å². The molecule has 0 aliphatic rings. The number of H-pyrrole nitrogens is 2. The molecule has 144 valence electrons. The van der Waals surface area contributed by atoms with Crippen LogP contribution in [0.4, 0.5) is 0 Å². The molecule has 2 N–H and O–H groups in total. The van der Waals surface area contributed by atoms with E-state index in [1.54, 1.807) is 0 Å². The Balaban J connectivity index is 0.000000369. The molecule has 29 heavy (non-hydrogen) atoms. The molecule has 0 aliphatic carbocycles. The van der Waals surface area contributed by atoms with Crippen molar-refractivity contribution in [3.63, 3.8) is 0 Å². The van der Waals surface area contributed by atoms with E-state index in [0.717, 1.165) is 21.9 Å². The predicted molar refractivity (Wildman–Crippen MR) is 115 cm³/mol. The molecule has 0 radical (unpaired) electrons. The van der Waals surface area contributed by atoms with Crippen LogP contribution >= 0.6 is 0 Å². The number of benzene rings is 3. The number of carbonyl (C=O) groups excluding carboxylic acids is 1. The molecule has 0 atom stereocenters. The predicted octanol–water partition coefficient (Wildman–Crippen LogP) is 3.98. The molecule has 0 amide bonds. The second-order valence-corrected chi connectivity index (χ2v) is 6.73. The Morgan fingerprint density at radius 2 is 1.69 bits per heavy atom. The zero-order chi connectivity index (χ0) is 20.4. The number of pyridine rings is 1. The van der Waals surface area contributed by atoms with E-state index in [9.17, 15) is 14.7 Å². The molecule has 0 saturated carbocycles. The number of hydrogen-bond donors (Lipinski definition) is 2. The maximum absolute atomic E-state index is 12.1. The number of aliphatic carboxylic acids is 1. The molecule has 5 nitrogen and oxygen atoms in total. The van der Waals surface area contributed by atoms with Gasteiger partial charge in [0.1, 0.15) is 5.52 Å². The summed E-state index contributed by atoms with van der Waals surface area (Å²) in [5.41, 5.74) is 3.74. The van der Waals surface area contributed by atoms with Gasteiger partial charge < -0.3 is 19.9 Å². The fourth-order valence-electron chi connectivity index (χ4n) is 3.49. The minimum atomic E-state index is -0.995. The van der Waals surface area contributed by atoms with Gasteiger partial charge >= 0.3 is 0 Å². The van der Waals surface area contributed by atoms with Crippen LogP contribution in [-0.2, 0) is 4.79 Å². The summed E-state index contributed by atoms with van der Waals surface area (Å²) < 4.78 is 0. The van der Waals surface area contributed by atoms with Gasteiger partial charge in [-0.2, -0.15) is 0 Å². The van der Waals surface area contributed by atoms with Crippen molar-refractivity contribution in [3.05, 3.63) is 83.3 Å². The van der Waals surface area contributed by atoms with Gasteiger partial charge in [0, 0.05) is 28.5 Å². The summed E-state index contributed by atoms with van der Waals surface area (Å²) in [5, 5.41) is 13.7. The molecule has 5 rings (SSSR count). The standard InChI is InChI=1S/C21H14N2O.C3H6O2/c24-21-20-17(10-11-22-20)18-12-14(8-9-19(18)23-21)16-7-3-5-13-4-1-2-6-15(13)16;1-2-3(4)5/h1-12,22H,(H,23,24);2H2,1H3,(H,4,5)/p-1. The fourth-order valence-corrected chi connectivity index (χ4v) is 3.49. The number of nitrogens with one attached hydrogen (secondary N) is 2. The maximum atomic E-state index is 12.1. The largest absolute Gasteiger partial charge is 0.550 e. The highest BCUT2D eigenvalue weighted by molar-refractivity contribution is 6.07. The second kappa shape index (κ2) is 7.64. The van der Waals surface area contributed by atoms with Gasteiger partial charge in [-0.1, -0.05) is 55.5 Å². The monoisotopic (exact) mass is 383 g/mol. The molecule has 0 fully saturated rings. The first kappa shape index (κ1) is 18.5. The first-order valence-corrected chi connectivity index (χ1v) is 9.39. The molecule has 0 bridgehead atoms. The zero-order valence-corrected chi connectivity index (χ0v) is 15.9. The first-order chi connectivity index (χ1) is 14.1. The van der Waals surface area contributed by atoms with E-state index >= 15 is 0 Å². The molecule has 0 spiro atoms. The van der Waals surface area contributed by atoms with Crippen molar-refractivity contribution in [2.45, 2.75) is 13.3 Å². The molecule has 2 heterocycles. The van der Waals surface area contributed by atoms with Crippen LogP contribution in [0.15, 0.2) is 77.7 Å². The lowest BCUT2D eigenvalue weighted by atomic mass is 9.96. The SMILES string of the molecule is CCC(=O)[O-].O=c1[nH]c2ccc(-c3cccc4ccccc34)cc2c2cc[nH]c12. The Bertz CT molecular complexity index is 1390. The highest BCUT2D eigenvalue weighted by Gasteiger charge is 2.09. The van der Waals surface area contributed by atoms with Gasteiger partial charge in [0.15, 0.2) is 0 Å². The molecule has 0 aliphatic heterocycles. The van der Waals surface area contributed by atoms with E-state index < -0.39 is 5.97 Å². The van der Waals surface area contributed by atoms with Gasteiger partial charge in [-0.3, -0.25) is 4.79 Å². The minimum absolute atomic E-state index is 0.0830. The van der Waals surface area contributed by atoms with Crippen molar-refractivity contribution < 1.29 is 9.90 Å². The van der Waals surface area contributed by atoms with Crippen molar-refractivity contribution >= 4 is 38.5 Å². The summed E-state index contributed by atoms with van der Waals surface area (Å²) in [5.74, 6) is -0.995. The van der Waals surface area contributed by atoms with Crippen molar-refractivity contribution in [2.75, 3.05) is 0 Å². The number of fused-ring (bicyclic) bond motifs is 4. The van der Waals surface area contributed by atoms with E-state index in [4.69, 9.17) is 0 Å². The van der Waals surface area contributed by atoms with Crippen LogP contribution in [0, 0.1) is 0 Å². The highest BCUT2D eigenvalue weighted by atomic mass is 16.4. The first-order valence-electron chi connectivity index (χ1n) is 9.39. The molecular formula is C24H19N2O3-. The van der Waals surface area contributed by atoms with Crippen LogP contribution in [0.5, 0.6) is 0 Å². The Kier molecular flexibility index (Phi) is 4.87. The lowest BCUT2D eigenvalue weighted by molar-refractivity contribution is -0.305. The van der Waals surface area contributed by atoms with Crippen LogP contribution < -0.4 is 10.7 Å².